The Hall–Kier alpha value is -2.63. The van der Waals surface area contributed by atoms with E-state index >= 15 is 0 Å². The van der Waals surface area contributed by atoms with E-state index in [1.54, 1.807) is 17.7 Å². The fourth-order valence-electron chi connectivity index (χ4n) is 3.01. The number of nitrogens with one attached hydrogen (secondary N) is 1. The van der Waals surface area contributed by atoms with Gasteiger partial charge in [0.15, 0.2) is 0 Å². The van der Waals surface area contributed by atoms with E-state index in [0.717, 1.165) is 22.5 Å². The second-order valence-electron chi connectivity index (χ2n) is 6.21. The van der Waals surface area contributed by atoms with Crippen LogP contribution in [0.4, 0.5) is 5.69 Å². The zero-order chi connectivity index (χ0) is 18.2. The number of aromatic carboxylic acids is 1. The average molecular weight is 329 g/mol. The third-order valence-electron chi connectivity index (χ3n) is 4.45. The van der Waals surface area contributed by atoms with Crippen LogP contribution in [-0.2, 0) is 11.8 Å². The molecule has 0 saturated heterocycles. The third kappa shape index (κ3) is 3.18. The van der Waals surface area contributed by atoms with Crippen LogP contribution >= 0.6 is 0 Å². The first kappa shape index (κ1) is 17.7. The fraction of sp³-hybridized carbons (Fsp3) is 0.389. The molecular weight excluding hydrogens is 306 g/mol. The van der Waals surface area contributed by atoms with Crippen molar-refractivity contribution in [3.63, 3.8) is 0 Å². The number of carboxylic acid groups (broad SMARTS) is 1. The Kier molecular flexibility index (Phi) is 4.78. The van der Waals surface area contributed by atoms with Gasteiger partial charge >= 0.3 is 5.97 Å². The highest BCUT2D eigenvalue weighted by Gasteiger charge is 2.23. The first-order chi connectivity index (χ1) is 11.1. The number of hydrogen-bond donors (Lipinski definition) is 2. The van der Waals surface area contributed by atoms with Gasteiger partial charge in [-0.1, -0.05) is 6.07 Å². The van der Waals surface area contributed by atoms with Gasteiger partial charge < -0.3 is 10.4 Å². The van der Waals surface area contributed by atoms with E-state index in [1.165, 1.54) is 6.07 Å². The first-order valence-corrected chi connectivity index (χ1v) is 7.79. The number of aromatic nitrogens is 2. The van der Waals surface area contributed by atoms with E-state index in [2.05, 4.69) is 10.4 Å². The van der Waals surface area contributed by atoms with Crippen LogP contribution in [0.2, 0.25) is 0 Å². The summed E-state index contributed by atoms with van der Waals surface area (Å²) in [4.78, 5) is 23.9. The second-order valence-corrected chi connectivity index (χ2v) is 6.21. The van der Waals surface area contributed by atoms with Crippen molar-refractivity contribution >= 4 is 17.6 Å². The Labute approximate surface area is 141 Å². The molecule has 2 aromatic rings. The lowest BCUT2D eigenvalue weighted by Crippen LogP contribution is -2.21. The van der Waals surface area contributed by atoms with E-state index < -0.39 is 5.97 Å². The molecule has 0 aliphatic heterocycles. The number of carbonyl (C=O) groups excluding carboxylic acids is 1. The number of carboxylic acids is 1. The molecule has 0 radical (unpaired) electrons. The van der Waals surface area contributed by atoms with Gasteiger partial charge in [0, 0.05) is 24.0 Å². The van der Waals surface area contributed by atoms with Gasteiger partial charge in [0.1, 0.15) is 0 Å². The predicted molar refractivity (Wildman–Crippen MR) is 92.6 cm³/mol. The summed E-state index contributed by atoms with van der Waals surface area (Å²) in [6, 6.07) is 3.28. The van der Waals surface area contributed by atoms with Crippen molar-refractivity contribution < 1.29 is 14.7 Å². The number of aryl methyl sites for hydroxylation is 4. The van der Waals surface area contributed by atoms with Crippen molar-refractivity contribution in [2.45, 2.75) is 40.5 Å². The number of carbonyl (C=O) groups is 2. The third-order valence-corrected chi connectivity index (χ3v) is 4.45. The maximum absolute atomic E-state index is 12.6. The number of benzene rings is 1. The van der Waals surface area contributed by atoms with Gasteiger partial charge in [-0.15, -0.1) is 0 Å². The number of nitrogens with zero attached hydrogens (tertiary/aromatic N) is 2. The van der Waals surface area contributed by atoms with E-state index in [-0.39, 0.29) is 17.4 Å². The van der Waals surface area contributed by atoms with Gasteiger partial charge in [-0.05, 0) is 51.8 Å². The maximum atomic E-state index is 12.6. The fourth-order valence-corrected chi connectivity index (χ4v) is 3.01. The molecule has 6 heteroatoms. The Morgan fingerprint density at radius 2 is 1.79 bits per heavy atom. The lowest BCUT2D eigenvalue weighted by Gasteiger charge is -2.16. The molecule has 1 aromatic carbocycles. The number of anilines is 1. The van der Waals surface area contributed by atoms with Crippen LogP contribution in [0.3, 0.4) is 0 Å². The topological polar surface area (TPSA) is 84.2 Å². The Bertz CT molecular complexity index is 821. The summed E-state index contributed by atoms with van der Waals surface area (Å²) in [5.74, 6) is -1.57. The van der Waals surface area contributed by atoms with E-state index in [9.17, 15) is 14.7 Å². The van der Waals surface area contributed by atoms with Crippen molar-refractivity contribution in [2.24, 2.45) is 7.05 Å². The Balaban J connectivity index is 2.32. The number of hydrogen-bond acceptors (Lipinski definition) is 3. The van der Waals surface area contributed by atoms with E-state index in [0.29, 0.717) is 11.3 Å². The zero-order valence-electron chi connectivity index (χ0n) is 14.9. The smallest absolute Gasteiger partial charge is 0.336 e. The van der Waals surface area contributed by atoms with Crippen molar-refractivity contribution in [3.8, 4) is 0 Å². The summed E-state index contributed by atoms with van der Waals surface area (Å²) >= 11 is 0. The molecule has 0 aliphatic carbocycles. The van der Waals surface area contributed by atoms with Crippen molar-refractivity contribution in [1.29, 1.82) is 0 Å². The highest BCUT2D eigenvalue weighted by atomic mass is 16.4. The Morgan fingerprint density at radius 1 is 1.17 bits per heavy atom. The summed E-state index contributed by atoms with van der Waals surface area (Å²) in [6.07, 6.45) is 0. The molecule has 2 rings (SSSR count). The summed E-state index contributed by atoms with van der Waals surface area (Å²) in [7, 11) is 1.85. The van der Waals surface area contributed by atoms with E-state index in [4.69, 9.17) is 0 Å². The van der Waals surface area contributed by atoms with Gasteiger partial charge in [0.2, 0.25) is 5.91 Å². The van der Waals surface area contributed by atoms with Gasteiger partial charge in [0.05, 0.1) is 17.2 Å². The largest absolute Gasteiger partial charge is 0.478 e. The van der Waals surface area contributed by atoms with Crippen LogP contribution in [0.5, 0.6) is 0 Å². The number of rotatable bonds is 4. The standard InChI is InChI=1S/C18H23N3O3/c1-9-7-10(2)15(8-14(9)18(23)24)19-17(22)11(3)16-12(4)20-21(6)13(16)5/h7-8,11H,1-6H3,(H,19,22)(H,23,24). The molecule has 0 spiro atoms. The molecule has 24 heavy (non-hydrogen) atoms. The van der Waals surface area contributed by atoms with Gasteiger partial charge in [-0.2, -0.15) is 5.10 Å². The normalized spacial score (nSPS) is 12.1. The minimum absolute atomic E-state index is 0.183. The van der Waals surface area contributed by atoms with Crippen LogP contribution in [0, 0.1) is 27.7 Å². The molecule has 0 bridgehead atoms. The molecule has 6 nitrogen and oxygen atoms in total. The molecule has 1 atom stereocenters. The van der Waals surface area contributed by atoms with Crippen LogP contribution in [0.25, 0.3) is 0 Å². The molecule has 1 amide bonds. The first-order valence-electron chi connectivity index (χ1n) is 7.79. The van der Waals surface area contributed by atoms with Crippen LogP contribution in [0.1, 0.15) is 51.3 Å². The van der Waals surface area contributed by atoms with Crippen LogP contribution < -0.4 is 5.32 Å². The van der Waals surface area contributed by atoms with Crippen molar-refractivity contribution in [1.82, 2.24) is 9.78 Å². The zero-order valence-corrected chi connectivity index (χ0v) is 14.9. The molecule has 1 unspecified atom stereocenters. The lowest BCUT2D eigenvalue weighted by atomic mass is 9.97. The molecule has 128 valence electrons. The molecule has 0 fully saturated rings. The monoisotopic (exact) mass is 329 g/mol. The minimum Gasteiger partial charge on any atom is -0.478 e. The minimum atomic E-state index is -1.00. The molecule has 2 N–H and O–H groups in total. The van der Waals surface area contributed by atoms with Crippen molar-refractivity contribution in [3.05, 3.63) is 45.8 Å². The molecule has 0 aliphatic rings. The summed E-state index contributed by atoms with van der Waals surface area (Å²) < 4.78 is 1.76. The Morgan fingerprint density at radius 3 is 2.29 bits per heavy atom. The second kappa shape index (κ2) is 6.47. The molecule has 0 saturated carbocycles. The molecule has 1 aromatic heterocycles. The van der Waals surface area contributed by atoms with Gasteiger partial charge in [-0.3, -0.25) is 9.48 Å². The predicted octanol–water partition coefficient (Wildman–Crippen LogP) is 3.09. The highest BCUT2D eigenvalue weighted by molar-refractivity contribution is 5.98. The van der Waals surface area contributed by atoms with Crippen LogP contribution in [0.15, 0.2) is 12.1 Å². The maximum Gasteiger partial charge on any atom is 0.336 e. The average Bonchev–Trinajstić information content (AvgIpc) is 2.73. The molecule has 1 heterocycles. The summed E-state index contributed by atoms with van der Waals surface area (Å²) in [5.41, 5.74) is 4.89. The van der Waals surface area contributed by atoms with Crippen LogP contribution in [-0.4, -0.2) is 26.8 Å². The SMILES string of the molecule is Cc1cc(C)c(C(=O)O)cc1NC(=O)C(C)c1c(C)nn(C)c1C. The number of amides is 1. The van der Waals surface area contributed by atoms with Gasteiger partial charge in [0.25, 0.3) is 0 Å². The van der Waals surface area contributed by atoms with Gasteiger partial charge in [-0.25, -0.2) is 4.79 Å². The van der Waals surface area contributed by atoms with Crippen molar-refractivity contribution in [2.75, 3.05) is 5.32 Å². The summed E-state index contributed by atoms with van der Waals surface area (Å²) in [6.45, 7) is 9.23. The summed E-state index contributed by atoms with van der Waals surface area (Å²) in [5, 5.41) is 16.5. The lowest BCUT2D eigenvalue weighted by molar-refractivity contribution is -0.117. The van der Waals surface area contributed by atoms with E-state index in [1.807, 2.05) is 34.7 Å². The quantitative estimate of drug-likeness (QED) is 0.903. The highest BCUT2D eigenvalue weighted by Crippen LogP contribution is 2.26. The molecular formula is C18H23N3O3.